The quantitative estimate of drug-likeness (QED) is 0.631. The van der Waals surface area contributed by atoms with Crippen molar-refractivity contribution in [2.45, 2.75) is 32.6 Å². The number of allylic oxidation sites excluding steroid dienone is 1. The minimum absolute atomic E-state index is 0.106. The Labute approximate surface area is 89.7 Å². The lowest BCUT2D eigenvalue weighted by Gasteiger charge is -2.06. The molecule has 15 heavy (non-hydrogen) atoms. The molecule has 0 atom stereocenters. The van der Waals surface area contributed by atoms with Crippen LogP contribution in [-0.4, -0.2) is 12.6 Å². The normalized spacial score (nSPS) is 11.5. The number of rotatable bonds is 6. The average Bonchev–Trinajstić information content (AvgIpc) is 2.18. The monoisotopic (exact) mass is 211 g/mol. The Morgan fingerprint density at radius 1 is 1.33 bits per heavy atom. The van der Waals surface area contributed by atoms with Gasteiger partial charge in [-0.3, -0.25) is 4.79 Å². The minimum atomic E-state index is -0.232. The molecule has 0 aromatic carbocycles. The maximum atomic E-state index is 11.0. The van der Waals surface area contributed by atoms with Crippen LogP contribution in [0, 0.1) is 11.3 Å². The van der Waals surface area contributed by atoms with Gasteiger partial charge in [0, 0.05) is 24.2 Å². The number of nitrogens with zero attached hydrogens (tertiary/aromatic N) is 1. The van der Waals surface area contributed by atoms with Crippen LogP contribution in [-0.2, 0) is 9.53 Å². The van der Waals surface area contributed by atoms with Crippen molar-refractivity contribution in [2.24, 2.45) is 11.5 Å². The van der Waals surface area contributed by atoms with E-state index in [1.165, 1.54) is 0 Å². The predicted octanol–water partition coefficient (Wildman–Crippen LogP) is 0.762. The molecule has 5 heteroatoms. The minimum Gasteiger partial charge on any atom is -0.465 e. The smallest absolute Gasteiger partial charge is 0.305 e. The van der Waals surface area contributed by atoms with E-state index in [0.29, 0.717) is 24.2 Å². The van der Waals surface area contributed by atoms with E-state index >= 15 is 0 Å². The van der Waals surface area contributed by atoms with Gasteiger partial charge in [-0.15, -0.1) is 0 Å². The molecule has 0 amide bonds. The molecule has 0 radical (unpaired) electrons. The predicted molar refractivity (Wildman–Crippen MR) is 56.1 cm³/mol. The van der Waals surface area contributed by atoms with Crippen molar-refractivity contribution in [3.05, 3.63) is 11.4 Å². The van der Waals surface area contributed by atoms with Gasteiger partial charge in [-0.1, -0.05) is 6.92 Å². The molecular weight excluding hydrogens is 194 g/mol. The zero-order chi connectivity index (χ0) is 11.7. The average molecular weight is 211 g/mol. The Bertz CT molecular complexity index is 279. The van der Waals surface area contributed by atoms with Crippen LogP contribution >= 0.6 is 0 Å². The summed E-state index contributed by atoms with van der Waals surface area (Å²) in [5, 5.41) is 8.36. The molecule has 0 aromatic heterocycles. The molecule has 0 aliphatic rings. The highest BCUT2D eigenvalue weighted by molar-refractivity contribution is 5.69. The van der Waals surface area contributed by atoms with Crippen LogP contribution in [0.5, 0.6) is 0 Å². The zero-order valence-corrected chi connectivity index (χ0v) is 8.95. The van der Waals surface area contributed by atoms with Gasteiger partial charge in [0.25, 0.3) is 0 Å². The van der Waals surface area contributed by atoms with Crippen LogP contribution in [0.2, 0.25) is 0 Å². The lowest BCUT2D eigenvalue weighted by Crippen LogP contribution is -2.13. The second-order valence-corrected chi connectivity index (χ2v) is 3.11. The van der Waals surface area contributed by atoms with Gasteiger partial charge in [0.2, 0.25) is 0 Å². The van der Waals surface area contributed by atoms with Gasteiger partial charge in [-0.2, -0.15) is 5.26 Å². The molecule has 0 saturated carbocycles. The summed E-state index contributed by atoms with van der Waals surface area (Å²) < 4.78 is 4.89. The van der Waals surface area contributed by atoms with Crippen molar-refractivity contribution in [3.63, 3.8) is 0 Å². The molecule has 0 bridgehead atoms. The van der Waals surface area contributed by atoms with Crippen molar-refractivity contribution >= 4 is 5.97 Å². The van der Waals surface area contributed by atoms with E-state index in [1.807, 2.05) is 13.0 Å². The summed E-state index contributed by atoms with van der Waals surface area (Å²) in [6, 6.07) is 1.90. The summed E-state index contributed by atoms with van der Waals surface area (Å²) in [5.74, 6) is -0.232. The van der Waals surface area contributed by atoms with Gasteiger partial charge in [0.1, 0.15) is 0 Å². The molecule has 0 saturated heterocycles. The lowest BCUT2D eigenvalue weighted by molar-refractivity contribution is -0.143. The summed E-state index contributed by atoms with van der Waals surface area (Å²) in [4.78, 5) is 11.0. The third kappa shape index (κ3) is 6.38. The summed E-state index contributed by atoms with van der Waals surface area (Å²) in [6.45, 7) is 2.12. The zero-order valence-electron chi connectivity index (χ0n) is 8.95. The molecule has 0 unspecified atom stereocenters. The van der Waals surface area contributed by atoms with Crippen LogP contribution in [0.15, 0.2) is 11.4 Å². The van der Waals surface area contributed by atoms with Gasteiger partial charge in [0.05, 0.1) is 19.1 Å². The van der Waals surface area contributed by atoms with E-state index in [4.69, 9.17) is 21.5 Å². The van der Waals surface area contributed by atoms with Gasteiger partial charge in [-0.25, -0.2) is 0 Å². The maximum absolute atomic E-state index is 11.0. The molecule has 0 spiro atoms. The van der Waals surface area contributed by atoms with E-state index in [1.54, 1.807) is 0 Å². The Hall–Kier alpha value is -1.70. The molecule has 0 rings (SSSR count). The number of hydrogen-bond donors (Lipinski definition) is 2. The fraction of sp³-hybridized carbons (Fsp3) is 0.600. The van der Waals surface area contributed by atoms with Gasteiger partial charge in [-0.05, 0) is 6.42 Å². The van der Waals surface area contributed by atoms with Crippen LogP contribution in [0.1, 0.15) is 32.6 Å². The molecule has 0 aromatic rings. The number of esters is 1. The van der Waals surface area contributed by atoms with Crippen LogP contribution in [0.25, 0.3) is 0 Å². The highest BCUT2D eigenvalue weighted by Gasteiger charge is 2.02. The first-order valence-corrected chi connectivity index (χ1v) is 4.87. The van der Waals surface area contributed by atoms with Gasteiger partial charge in [0.15, 0.2) is 0 Å². The van der Waals surface area contributed by atoms with Crippen LogP contribution < -0.4 is 11.5 Å². The van der Waals surface area contributed by atoms with Crippen molar-refractivity contribution in [2.75, 3.05) is 6.61 Å². The fourth-order valence-corrected chi connectivity index (χ4v) is 0.910. The highest BCUT2D eigenvalue weighted by Crippen LogP contribution is 2.02. The Morgan fingerprint density at radius 2 is 2.00 bits per heavy atom. The van der Waals surface area contributed by atoms with Crippen LogP contribution in [0.4, 0.5) is 0 Å². The van der Waals surface area contributed by atoms with E-state index in [9.17, 15) is 4.79 Å². The number of carbonyl (C=O) groups is 1. The molecule has 4 N–H and O–H groups in total. The lowest BCUT2D eigenvalue weighted by atomic mass is 10.2. The fourth-order valence-electron chi connectivity index (χ4n) is 0.910. The number of carbonyl (C=O) groups excluding carboxylic acids is 1. The van der Waals surface area contributed by atoms with E-state index < -0.39 is 0 Å². The topological polar surface area (TPSA) is 102 Å². The number of hydrogen-bond acceptors (Lipinski definition) is 5. The van der Waals surface area contributed by atoms with Gasteiger partial charge < -0.3 is 16.2 Å². The molecule has 84 valence electrons. The van der Waals surface area contributed by atoms with E-state index in [2.05, 4.69) is 0 Å². The molecular formula is C10H17N3O2. The number of nitriles is 1. The molecule has 0 aliphatic carbocycles. The number of ether oxygens (including phenoxy) is 1. The molecule has 5 nitrogen and oxygen atoms in total. The second kappa shape index (κ2) is 7.68. The van der Waals surface area contributed by atoms with Crippen LogP contribution in [0.3, 0.4) is 0 Å². The van der Waals surface area contributed by atoms with E-state index in [-0.39, 0.29) is 19.0 Å². The summed E-state index contributed by atoms with van der Waals surface area (Å²) >= 11 is 0. The highest BCUT2D eigenvalue weighted by atomic mass is 16.5. The molecule has 0 aliphatic heterocycles. The van der Waals surface area contributed by atoms with Crippen molar-refractivity contribution in [3.8, 4) is 6.07 Å². The van der Waals surface area contributed by atoms with Crippen molar-refractivity contribution < 1.29 is 9.53 Å². The van der Waals surface area contributed by atoms with E-state index in [0.717, 1.165) is 6.42 Å². The summed E-state index contributed by atoms with van der Waals surface area (Å²) in [7, 11) is 0. The first-order chi connectivity index (χ1) is 7.11. The Kier molecular flexibility index (Phi) is 6.81. The summed E-state index contributed by atoms with van der Waals surface area (Å²) in [6.07, 6.45) is 1.66. The first-order valence-electron chi connectivity index (χ1n) is 4.87. The molecule has 0 heterocycles. The van der Waals surface area contributed by atoms with Crippen molar-refractivity contribution in [1.29, 1.82) is 5.26 Å². The largest absolute Gasteiger partial charge is 0.465 e. The first kappa shape index (κ1) is 13.3. The van der Waals surface area contributed by atoms with Crippen molar-refractivity contribution in [1.82, 2.24) is 0 Å². The Morgan fingerprint density at radius 3 is 2.53 bits per heavy atom. The third-order valence-electron chi connectivity index (χ3n) is 1.77. The SMILES string of the molecule is CCCC(=O)OCC/C(N)=C(/N)CC#N. The Balaban J connectivity index is 3.82. The maximum Gasteiger partial charge on any atom is 0.305 e. The van der Waals surface area contributed by atoms with Gasteiger partial charge >= 0.3 is 5.97 Å². The molecule has 0 fully saturated rings. The number of nitrogens with two attached hydrogens (primary N) is 2. The second-order valence-electron chi connectivity index (χ2n) is 3.11. The summed E-state index contributed by atoms with van der Waals surface area (Å²) in [5.41, 5.74) is 11.8. The standard InChI is InChI=1S/C10H17N3O2/c1-2-3-10(14)15-7-5-9(13)8(12)4-6-11/h2-5,7,12-13H2,1H3/b9-8-. The third-order valence-corrected chi connectivity index (χ3v) is 1.77.